The molecule has 0 spiro atoms. The SMILES string of the molecule is Cc1ccc(C(C)(C)C)cc1C1(N)CC1. The van der Waals surface area contributed by atoms with E-state index in [4.69, 9.17) is 5.73 Å². The van der Waals surface area contributed by atoms with Crippen LogP contribution < -0.4 is 5.73 Å². The van der Waals surface area contributed by atoms with Gasteiger partial charge in [-0.3, -0.25) is 0 Å². The maximum Gasteiger partial charge on any atom is 0.0414 e. The van der Waals surface area contributed by atoms with Crippen molar-refractivity contribution in [2.24, 2.45) is 5.73 Å². The molecular weight excluding hydrogens is 182 g/mol. The molecule has 1 fully saturated rings. The van der Waals surface area contributed by atoms with Gasteiger partial charge in [0, 0.05) is 5.54 Å². The molecule has 0 atom stereocenters. The summed E-state index contributed by atoms with van der Waals surface area (Å²) in [6.07, 6.45) is 2.28. The number of hydrogen-bond donors (Lipinski definition) is 1. The zero-order valence-electron chi connectivity index (χ0n) is 10.2. The Balaban J connectivity index is 2.47. The Kier molecular flexibility index (Phi) is 2.20. The van der Waals surface area contributed by atoms with Crippen molar-refractivity contribution in [2.45, 2.75) is 51.5 Å². The first-order valence-electron chi connectivity index (χ1n) is 5.73. The van der Waals surface area contributed by atoms with Crippen molar-refractivity contribution in [2.75, 3.05) is 0 Å². The van der Waals surface area contributed by atoms with E-state index in [0.717, 1.165) is 12.8 Å². The molecule has 2 N–H and O–H groups in total. The topological polar surface area (TPSA) is 26.0 Å². The predicted molar refractivity (Wildman–Crippen MR) is 65.0 cm³/mol. The predicted octanol–water partition coefficient (Wildman–Crippen LogP) is 3.24. The molecule has 1 nitrogen and oxygen atoms in total. The first-order chi connectivity index (χ1) is 6.83. The normalized spacial score (nSPS) is 19.0. The lowest BCUT2D eigenvalue weighted by Gasteiger charge is -2.22. The van der Waals surface area contributed by atoms with Crippen molar-refractivity contribution in [3.63, 3.8) is 0 Å². The number of rotatable bonds is 1. The van der Waals surface area contributed by atoms with Crippen LogP contribution in [0.3, 0.4) is 0 Å². The van der Waals surface area contributed by atoms with Crippen molar-refractivity contribution >= 4 is 0 Å². The summed E-state index contributed by atoms with van der Waals surface area (Å²) in [5, 5.41) is 0. The smallest absolute Gasteiger partial charge is 0.0414 e. The van der Waals surface area contributed by atoms with Gasteiger partial charge in [0.15, 0.2) is 0 Å². The highest BCUT2D eigenvalue weighted by molar-refractivity contribution is 5.41. The number of hydrogen-bond acceptors (Lipinski definition) is 1. The van der Waals surface area contributed by atoms with E-state index >= 15 is 0 Å². The number of nitrogens with two attached hydrogens (primary N) is 1. The quantitative estimate of drug-likeness (QED) is 0.745. The summed E-state index contributed by atoms with van der Waals surface area (Å²) in [4.78, 5) is 0. The van der Waals surface area contributed by atoms with Crippen LogP contribution in [-0.4, -0.2) is 0 Å². The molecule has 1 aromatic rings. The summed E-state index contributed by atoms with van der Waals surface area (Å²) < 4.78 is 0. The van der Waals surface area contributed by atoms with Crippen molar-refractivity contribution in [3.8, 4) is 0 Å². The van der Waals surface area contributed by atoms with E-state index < -0.39 is 0 Å². The highest BCUT2D eigenvalue weighted by atomic mass is 14.8. The van der Waals surface area contributed by atoms with E-state index in [1.54, 1.807) is 0 Å². The largest absolute Gasteiger partial charge is 0.321 e. The Bertz CT molecular complexity index is 381. The van der Waals surface area contributed by atoms with Gasteiger partial charge in [0.25, 0.3) is 0 Å². The highest BCUT2D eigenvalue weighted by Crippen LogP contribution is 2.44. The van der Waals surface area contributed by atoms with Crippen LogP contribution >= 0.6 is 0 Å². The van der Waals surface area contributed by atoms with Crippen LogP contribution in [0.5, 0.6) is 0 Å². The monoisotopic (exact) mass is 203 g/mol. The van der Waals surface area contributed by atoms with Crippen molar-refractivity contribution in [3.05, 3.63) is 34.9 Å². The van der Waals surface area contributed by atoms with E-state index in [0.29, 0.717) is 0 Å². The highest BCUT2D eigenvalue weighted by Gasteiger charge is 2.41. The molecule has 0 unspecified atom stereocenters. The molecule has 1 heteroatoms. The third-order valence-electron chi connectivity index (χ3n) is 3.43. The molecule has 0 amide bonds. The van der Waals surface area contributed by atoms with Crippen LogP contribution in [0.1, 0.15) is 50.3 Å². The zero-order valence-corrected chi connectivity index (χ0v) is 10.2. The summed E-state index contributed by atoms with van der Waals surface area (Å²) in [5.74, 6) is 0. The molecule has 1 aliphatic carbocycles. The Morgan fingerprint density at radius 2 is 1.80 bits per heavy atom. The first-order valence-corrected chi connectivity index (χ1v) is 5.73. The van der Waals surface area contributed by atoms with Gasteiger partial charge in [0.1, 0.15) is 0 Å². The van der Waals surface area contributed by atoms with Gasteiger partial charge in [-0.05, 0) is 41.9 Å². The van der Waals surface area contributed by atoms with Gasteiger partial charge in [-0.15, -0.1) is 0 Å². The van der Waals surface area contributed by atoms with Gasteiger partial charge in [-0.1, -0.05) is 39.0 Å². The van der Waals surface area contributed by atoms with Gasteiger partial charge in [0.2, 0.25) is 0 Å². The van der Waals surface area contributed by atoms with Crippen LogP contribution in [0.25, 0.3) is 0 Å². The van der Waals surface area contributed by atoms with E-state index in [2.05, 4.69) is 45.9 Å². The summed E-state index contributed by atoms with van der Waals surface area (Å²) >= 11 is 0. The lowest BCUT2D eigenvalue weighted by molar-refractivity contribution is 0.586. The van der Waals surface area contributed by atoms with E-state index in [1.807, 2.05) is 0 Å². The van der Waals surface area contributed by atoms with Crippen LogP contribution in [0.2, 0.25) is 0 Å². The number of benzene rings is 1. The molecule has 0 aliphatic heterocycles. The molecule has 2 rings (SSSR count). The molecule has 0 bridgehead atoms. The van der Waals surface area contributed by atoms with E-state index in [9.17, 15) is 0 Å². The van der Waals surface area contributed by atoms with Crippen LogP contribution in [-0.2, 0) is 11.0 Å². The van der Waals surface area contributed by atoms with Crippen molar-refractivity contribution in [1.82, 2.24) is 0 Å². The summed E-state index contributed by atoms with van der Waals surface area (Å²) in [7, 11) is 0. The second kappa shape index (κ2) is 3.08. The third kappa shape index (κ3) is 1.93. The van der Waals surface area contributed by atoms with Crippen molar-refractivity contribution in [1.29, 1.82) is 0 Å². The van der Waals surface area contributed by atoms with Crippen LogP contribution in [0.15, 0.2) is 18.2 Å². The Labute approximate surface area is 92.7 Å². The minimum Gasteiger partial charge on any atom is -0.321 e. The minimum absolute atomic E-state index is 0.00859. The van der Waals surface area contributed by atoms with Gasteiger partial charge in [-0.2, -0.15) is 0 Å². The summed E-state index contributed by atoms with van der Waals surface area (Å²) in [6.45, 7) is 8.90. The summed E-state index contributed by atoms with van der Waals surface area (Å²) in [6, 6.07) is 6.75. The summed E-state index contributed by atoms with van der Waals surface area (Å²) in [5.41, 5.74) is 10.6. The van der Waals surface area contributed by atoms with Gasteiger partial charge in [0.05, 0.1) is 0 Å². The molecule has 1 aromatic carbocycles. The molecular formula is C14H21N. The fraction of sp³-hybridized carbons (Fsp3) is 0.571. The Morgan fingerprint density at radius 1 is 1.20 bits per heavy atom. The first kappa shape index (κ1) is 10.7. The average molecular weight is 203 g/mol. The van der Waals surface area contributed by atoms with Crippen LogP contribution in [0, 0.1) is 6.92 Å². The maximum absolute atomic E-state index is 6.28. The van der Waals surface area contributed by atoms with Gasteiger partial charge in [-0.25, -0.2) is 0 Å². The van der Waals surface area contributed by atoms with Gasteiger partial charge >= 0.3 is 0 Å². The molecule has 0 saturated heterocycles. The van der Waals surface area contributed by atoms with E-state index in [-0.39, 0.29) is 11.0 Å². The fourth-order valence-electron chi connectivity index (χ4n) is 2.03. The molecule has 1 saturated carbocycles. The minimum atomic E-state index is -0.00859. The molecule has 0 aromatic heterocycles. The second-order valence-electron chi connectivity index (χ2n) is 5.94. The average Bonchev–Trinajstić information content (AvgIpc) is 2.83. The van der Waals surface area contributed by atoms with Gasteiger partial charge < -0.3 is 5.73 Å². The molecule has 0 heterocycles. The fourth-order valence-corrected chi connectivity index (χ4v) is 2.03. The molecule has 82 valence electrons. The zero-order chi connectivity index (χ0) is 11.3. The lowest BCUT2D eigenvalue weighted by atomic mass is 9.84. The van der Waals surface area contributed by atoms with E-state index in [1.165, 1.54) is 16.7 Å². The third-order valence-corrected chi connectivity index (χ3v) is 3.43. The van der Waals surface area contributed by atoms with Crippen molar-refractivity contribution < 1.29 is 0 Å². The standard InChI is InChI=1S/C14H21N/c1-10-5-6-11(13(2,3)4)9-12(10)14(15)7-8-14/h5-6,9H,7-8,15H2,1-4H3. The maximum atomic E-state index is 6.28. The van der Waals surface area contributed by atoms with Crippen LogP contribution in [0.4, 0.5) is 0 Å². The molecule has 15 heavy (non-hydrogen) atoms. The Morgan fingerprint density at radius 3 is 2.27 bits per heavy atom. The Hall–Kier alpha value is -0.820. The lowest BCUT2D eigenvalue weighted by Crippen LogP contribution is -2.21. The molecule has 0 radical (unpaired) electrons. The second-order valence-corrected chi connectivity index (χ2v) is 5.94. The molecule has 1 aliphatic rings. The number of aryl methyl sites for hydroxylation is 1.